The first kappa shape index (κ1) is 13.6. The molecular weight excluding hydrogens is 252 g/mol. The third-order valence-corrected chi connectivity index (χ3v) is 3.07. The van der Waals surface area contributed by atoms with Gasteiger partial charge in [-0.1, -0.05) is 6.07 Å². The monoisotopic (exact) mass is 267 g/mol. The number of fused-ring (bicyclic) bond motifs is 1. The molecule has 0 unspecified atom stereocenters. The minimum absolute atomic E-state index is 0.263. The Bertz CT molecular complexity index is 692. The van der Waals surface area contributed by atoms with Gasteiger partial charge in [-0.25, -0.2) is 13.8 Å². The summed E-state index contributed by atoms with van der Waals surface area (Å²) in [6.45, 7) is 3.56. The van der Waals surface area contributed by atoms with Crippen LogP contribution in [0.2, 0.25) is 0 Å². The number of rotatable bonds is 2. The van der Waals surface area contributed by atoms with Gasteiger partial charge in [-0.15, -0.1) is 0 Å². The molecule has 2 N–H and O–H groups in total. The third-order valence-electron chi connectivity index (χ3n) is 3.07. The molecule has 4 nitrogen and oxygen atoms in total. The molecule has 0 fully saturated rings. The summed E-state index contributed by atoms with van der Waals surface area (Å²) < 4.78 is 26.7. The molecule has 1 aromatic carbocycles. The van der Waals surface area contributed by atoms with Gasteiger partial charge in [0.05, 0.1) is 10.9 Å². The molecule has 0 aliphatic heterocycles. The van der Waals surface area contributed by atoms with Gasteiger partial charge in [0.2, 0.25) is 0 Å². The second kappa shape index (κ2) is 4.70. The first-order chi connectivity index (χ1) is 8.82. The maximum Gasteiger partial charge on any atom is 0.295 e. The van der Waals surface area contributed by atoms with Crippen molar-refractivity contribution in [3.8, 4) is 0 Å². The van der Waals surface area contributed by atoms with Crippen molar-refractivity contribution in [2.75, 3.05) is 0 Å². The Morgan fingerprint density at radius 1 is 1.37 bits per heavy atom. The van der Waals surface area contributed by atoms with Crippen LogP contribution in [0.15, 0.2) is 16.9 Å². The minimum Gasteiger partial charge on any atom is -0.324 e. The largest absolute Gasteiger partial charge is 0.324 e. The smallest absolute Gasteiger partial charge is 0.295 e. The van der Waals surface area contributed by atoms with Crippen LogP contribution in [0.4, 0.5) is 8.78 Å². The predicted octanol–water partition coefficient (Wildman–Crippen LogP) is 2.20. The molecule has 1 atom stereocenters. The molecule has 0 spiro atoms. The Labute approximate surface area is 108 Å². The number of hydrogen-bond acceptors (Lipinski definition) is 3. The highest BCUT2D eigenvalue weighted by Crippen LogP contribution is 2.24. The molecule has 0 aliphatic rings. The molecule has 6 heteroatoms. The van der Waals surface area contributed by atoms with E-state index in [1.165, 1.54) is 7.05 Å². The van der Waals surface area contributed by atoms with Crippen molar-refractivity contribution in [2.24, 2.45) is 12.8 Å². The van der Waals surface area contributed by atoms with Crippen molar-refractivity contribution in [2.45, 2.75) is 26.3 Å². The summed E-state index contributed by atoms with van der Waals surface area (Å²) in [7, 11) is 1.30. The fraction of sp³-hybridized carbons (Fsp3) is 0.385. The van der Waals surface area contributed by atoms with Crippen LogP contribution in [0.5, 0.6) is 0 Å². The second-order valence-corrected chi connectivity index (χ2v) is 4.67. The average Bonchev–Trinajstić information content (AvgIpc) is 2.32. The van der Waals surface area contributed by atoms with E-state index in [0.717, 1.165) is 10.1 Å². The Balaban J connectivity index is 2.97. The molecule has 2 aromatic rings. The number of alkyl halides is 2. The molecule has 0 radical (unpaired) electrons. The topological polar surface area (TPSA) is 60.9 Å². The maximum absolute atomic E-state index is 12.9. The average molecular weight is 267 g/mol. The molecule has 2 rings (SSSR count). The van der Waals surface area contributed by atoms with Crippen molar-refractivity contribution in [1.29, 1.82) is 0 Å². The normalized spacial score (nSPS) is 13.2. The van der Waals surface area contributed by atoms with E-state index < -0.39 is 17.8 Å². The van der Waals surface area contributed by atoms with Crippen LogP contribution in [0.3, 0.4) is 0 Å². The first-order valence-corrected chi connectivity index (χ1v) is 5.87. The van der Waals surface area contributed by atoms with Gasteiger partial charge in [0.15, 0.2) is 5.82 Å². The molecule has 1 aromatic heterocycles. The van der Waals surface area contributed by atoms with Gasteiger partial charge in [0.25, 0.3) is 12.0 Å². The number of aryl methyl sites for hydroxylation is 1. The predicted molar refractivity (Wildman–Crippen MR) is 69.3 cm³/mol. The summed E-state index contributed by atoms with van der Waals surface area (Å²) in [5.74, 6) is -0.539. The van der Waals surface area contributed by atoms with Gasteiger partial charge >= 0.3 is 0 Å². The summed E-state index contributed by atoms with van der Waals surface area (Å²) in [6, 6.07) is 3.04. The van der Waals surface area contributed by atoms with Crippen molar-refractivity contribution < 1.29 is 8.78 Å². The molecule has 0 bridgehead atoms. The van der Waals surface area contributed by atoms with Crippen LogP contribution in [-0.2, 0) is 7.05 Å². The van der Waals surface area contributed by atoms with E-state index in [2.05, 4.69) is 4.98 Å². The summed E-state index contributed by atoms with van der Waals surface area (Å²) in [5.41, 5.74) is 7.07. The van der Waals surface area contributed by atoms with Gasteiger partial charge in [-0.05, 0) is 31.0 Å². The third kappa shape index (κ3) is 2.23. The molecule has 0 saturated heterocycles. The molecule has 0 aliphatic carbocycles. The van der Waals surface area contributed by atoms with Gasteiger partial charge in [-0.2, -0.15) is 0 Å². The van der Waals surface area contributed by atoms with E-state index in [1.807, 2.05) is 6.92 Å². The van der Waals surface area contributed by atoms with Gasteiger partial charge in [-0.3, -0.25) is 9.36 Å². The highest BCUT2D eigenvalue weighted by molar-refractivity contribution is 5.82. The zero-order valence-electron chi connectivity index (χ0n) is 10.9. The van der Waals surface area contributed by atoms with Crippen molar-refractivity contribution in [1.82, 2.24) is 9.55 Å². The van der Waals surface area contributed by atoms with E-state index in [-0.39, 0.29) is 11.6 Å². The van der Waals surface area contributed by atoms with Crippen molar-refractivity contribution >= 4 is 10.9 Å². The summed E-state index contributed by atoms with van der Waals surface area (Å²) in [5, 5.41) is 0.319. The maximum atomic E-state index is 12.9. The molecule has 0 saturated carbocycles. The molecule has 0 amide bonds. The zero-order chi connectivity index (χ0) is 14.3. The molecule has 1 heterocycles. The van der Waals surface area contributed by atoms with Crippen LogP contribution in [-0.4, -0.2) is 9.55 Å². The summed E-state index contributed by atoms with van der Waals surface area (Å²) >= 11 is 0. The Hall–Kier alpha value is -1.82. The number of nitrogens with zero attached hydrogens (tertiary/aromatic N) is 2. The fourth-order valence-corrected chi connectivity index (χ4v) is 2.11. The second-order valence-electron chi connectivity index (χ2n) is 4.67. The Morgan fingerprint density at radius 3 is 2.53 bits per heavy atom. The lowest BCUT2D eigenvalue weighted by Crippen LogP contribution is -2.24. The fourth-order valence-electron chi connectivity index (χ4n) is 2.11. The summed E-state index contributed by atoms with van der Waals surface area (Å²) in [6.07, 6.45) is -2.80. The Kier molecular flexibility index (Phi) is 3.36. The Morgan fingerprint density at radius 2 is 2.00 bits per heavy atom. The van der Waals surface area contributed by atoms with E-state index in [4.69, 9.17) is 5.73 Å². The number of hydrogen-bond donors (Lipinski definition) is 1. The zero-order valence-corrected chi connectivity index (χ0v) is 10.9. The van der Waals surface area contributed by atoms with Crippen LogP contribution in [0.25, 0.3) is 10.9 Å². The van der Waals surface area contributed by atoms with Crippen LogP contribution >= 0.6 is 0 Å². The first-order valence-electron chi connectivity index (χ1n) is 5.87. The summed E-state index contributed by atoms with van der Waals surface area (Å²) in [4.78, 5) is 16.1. The van der Waals surface area contributed by atoms with E-state index in [1.54, 1.807) is 19.1 Å². The lowest BCUT2D eigenvalue weighted by Gasteiger charge is -2.14. The minimum atomic E-state index is -2.80. The van der Waals surface area contributed by atoms with Crippen LogP contribution in [0, 0.1) is 6.92 Å². The molecule has 102 valence electrons. The molecule has 19 heavy (non-hydrogen) atoms. The quantitative estimate of drug-likeness (QED) is 0.907. The highest BCUT2D eigenvalue weighted by Gasteiger charge is 2.19. The van der Waals surface area contributed by atoms with Crippen LogP contribution in [0.1, 0.15) is 36.3 Å². The SMILES string of the molecule is Cc1cc([C@@H](C)N)c2nc(C(F)F)n(C)c(=O)c2c1. The van der Waals surface area contributed by atoms with Crippen molar-refractivity contribution in [3.05, 3.63) is 39.4 Å². The van der Waals surface area contributed by atoms with E-state index >= 15 is 0 Å². The van der Waals surface area contributed by atoms with Gasteiger partial charge in [0, 0.05) is 13.1 Å². The van der Waals surface area contributed by atoms with E-state index in [9.17, 15) is 13.6 Å². The van der Waals surface area contributed by atoms with E-state index in [0.29, 0.717) is 10.9 Å². The molecular formula is C13H15F2N3O. The number of benzene rings is 1. The van der Waals surface area contributed by atoms with Gasteiger partial charge in [0.1, 0.15) is 0 Å². The van der Waals surface area contributed by atoms with Gasteiger partial charge < -0.3 is 5.73 Å². The highest BCUT2D eigenvalue weighted by atomic mass is 19.3. The lowest BCUT2D eigenvalue weighted by atomic mass is 10.0. The number of aromatic nitrogens is 2. The van der Waals surface area contributed by atoms with Crippen LogP contribution < -0.4 is 11.3 Å². The number of nitrogens with two attached hydrogens (primary N) is 1. The standard InChI is InChI=1S/C13H15F2N3O/c1-6-4-8(7(2)16)10-9(5-6)13(19)18(3)12(17-10)11(14)15/h4-5,7,11H,16H2,1-3H3/t7-/m1/s1. The lowest BCUT2D eigenvalue weighted by molar-refractivity contribution is 0.135. The van der Waals surface area contributed by atoms with Crippen molar-refractivity contribution in [3.63, 3.8) is 0 Å². The number of halogens is 2.